The van der Waals surface area contributed by atoms with Crippen LogP contribution in [0.15, 0.2) is 18.5 Å². The Morgan fingerprint density at radius 3 is 2.95 bits per heavy atom. The SMILES string of the molecule is FC1(F)CCC(CNc2nnc(Cl)c3ccncc23)C1. The smallest absolute Gasteiger partial charge is 0.248 e. The van der Waals surface area contributed by atoms with E-state index in [9.17, 15) is 8.78 Å². The zero-order valence-corrected chi connectivity index (χ0v) is 11.4. The van der Waals surface area contributed by atoms with Gasteiger partial charge in [0, 0.05) is 42.6 Å². The van der Waals surface area contributed by atoms with Crippen LogP contribution in [0.1, 0.15) is 19.3 Å². The van der Waals surface area contributed by atoms with Gasteiger partial charge in [-0.15, -0.1) is 10.2 Å². The Hall–Kier alpha value is -1.56. The van der Waals surface area contributed by atoms with Gasteiger partial charge in [0.15, 0.2) is 11.0 Å². The van der Waals surface area contributed by atoms with E-state index in [0.717, 1.165) is 10.8 Å². The fourth-order valence-corrected chi connectivity index (χ4v) is 2.75. The molecule has 0 saturated heterocycles. The van der Waals surface area contributed by atoms with Crippen molar-refractivity contribution in [1.82, 2.24) is 15.2 Å². The number of alkyl halides is 2. The molecule has 3 rings (SSSR count). The summed E-state index contributed by atoms with van der Waals surface area (Å²) in [6.07, 6.45) is 3.68. The van der Waals surface area contributed by atoms with E-state index in [0.29, 0.717) is 23.9 Å². The molecule has 7 heteroatoms. The first-order chi connectivity index (χ1) is 9.55. The van der Waals surface area contributed by atoms with Gasteiger partial charge in [-0.05, 0) is 18.4 Å². The average molecular weight is 299 g/mol. The van der Waals surface area contributed by atoms with E-state index in [2.05, 4.69) is 20.5 Å². The summed E-state index contributed by atoms with van der Waals surface area (Å²) in [5, 5.41) is 12.7. The van der Waals surface area contributed by atoms with Gasteiger partial charge in [-0.25, -0.2) is 8.78 Å². The number of hydrogen-bond acceptors (Lipinski definition) is 4. The molecule has 2 heterocycles. The molecule has 0 bridgehead atoms. The van der Waals surface area contributed by atoms with Crippen molar-refractivity contribution >= 4 is 28.2 Å². The van der Waals surface area contributed by atoms with Gasteiger partial charge in [0.1, 0.15) is 0 Å². The lowest BCUT2D eigenvalue weighted by molar-refractivity contribution is 0.00556. The lowest BCUT2D eigenvalue weighted by Crippen LogP contribution is -2.16. The summed E-state index contributed by atoms with van der Waals surface area (Å²) >= 11 is 5.97. The lowest BCUT2D eigenvalue weighted by Gasteiger charge is -2.13. The summed E-state index contributed by atoms with van der Waals surface area (Å²) in [6.45, 7) is 0.454. The topological polar surface area (TPSA) is 50.7 Å². The molecule has 1 atom stereocenters. The van der Waals surface area contributed by atoms with E-state index in [4.69, 9.17) is 11.6 Å². The summed E-state index contributed by atoms with van der Waals surface area (Å²) in [4.78, 5) is 4.03. The van der Waals surface area contributed by atoms with Gasteiger partial charge in [0.05, 0.1) is 0 Å². The molecule has 1 saturated carbocycles. The molecule has 0 aliphatic heterocycles. The highest BCUT2D eigenvalue weighted by Gasteiger charge is 2.39. The van der Waals surface area contributed by atoms with E-state index in [1.54, 1.807) is 18.5 Å². The van der Waals surface area contributed by atoms with Crippen molar-refractivity contribution in [3.8, 4) is 0 Å². The molecule has 0 aromatic carbocycles. The van der Waals surface area contributed by atoms with Crippen LogP contribution < -0.4 is 5.32 Å². The third-order valence-corrected chi connectivity index (χ3v) is 3.88. The van der Waals surface area contributed by atoms with Gasteiger partial charge in [-0.3, -0.25) is 4.98 Å². The van der Waals surface area contributed by atoms with E-state index < -0.39 is 5.92 Å². The Labute approximate surface area is 119 Å². The van der Waals surface area contributed by atoms with Crippen LogP contribution in [0.3, 0.4) is 0 Å². The van der Waals surface area contributed by atoms with Crippen molar-refractivity contribution < 1.29 is 8.78 Å². The number of rotatable bonds is 3. The molecule has 106 valence electrons. The van der Waals surface area contributed by atoms with Gasteiger partial charge < -0.3 is 5.32 Å². The summed E-state index contributed by atoms with van der Waals surface area (Å²) in [6, 6.07) is 1.75. The second-order valence-electron chi connectivity index (χ2n) is 5.11. The minimum atomic E-state index is -2.53. The molecule has 2 aromatic rings. The van der Waals surface area contributed by atoms with Gasteiger partial charge in [-0.2, -0.15) is 0 Å². The summed E-state index contributed by atoms with van der Waals surface area (Å²) in [5.41, 5.74) is 0. The monoisotopic (exact) mass is 298 g/mol. The van der Waals surface area contributed by atoms with Crippen molar-refractivity contribution in [2.75, 3.05) is 11.9 Å². The van der Waals surface area contributed by atoms with Gasteiger partial charge in [0.2, 0.25) is 5.92 Å². The van der Waals surface area contributed by atoms with Crippen LogP contribution in [-0.2, 0) is 0 Å². The lowest BCUT2D eigenvalue weighted by atomic mass is 10.1. The van der Waals surface area contributed by atoms with Crippen LogP contribution in [0, 0.1) is 5.92 Å². The fraction of sp³-hybridized carbons (Fsp3) is 0.462. The molecule has 1 aliphatic carbocycles. The molecule has 1 unspecified atom stereocenters. The Bertz CT molecular complexity index is 635. The third-order valence-electron chi connectivity index (χ3n) is 3.60. The molecule has 0 amide bonds. The molecular weight excluding hydrogens is 286 g/mol. The van der Waals surface area contributed by atoms with Gasteiger partial charge in [0.25, 0.3) is 0 Å². The molecule has 2 aromatic heterocycles. The minimum Gasteiger partial charge on any atom is -0.368 e. The highest BCUT2D eigenvalue weighted by atomic mass is 35.5. The molecule has 0 spiro atoms. The number of pyridine rings is 1. The van der Waals surface area contributed by atoms with Crippen molar-refractivity contribution in [3.05, 3.63) is 23.6 Å². The summed E-state index contributed by atoms with van der Waals surface area (Å²) in [5.74, 6) is -2.04. The zero-order chi connectivity index (χ0) is 14.2. The standard InChI is InChI=1S/C13H13ClF2N4/c14-11-9-2-4-17-7-10(9)12(20-19-11)18-6-8-1-3-13(15,16)5-8/h2,4,7-8H,1,3,5-6H2,(H,18,20). The predicted octanol–water partition coefficient (Wildman–Crippen LogP) is 3.53. The number of halogens is 3. The normalized spacial score (nSPS) is 21.2. The first-order valence-corrected chi connectivity index (χ1v) is 6.80. The van der Waals surface area contributed by atoms with Crippen LogP contribution in [0.4, 0.5) is 14.6 Å². The number of nitrogens with one attached hydrogen (secondary N) is 1. The molecular formula is C13H13ClF2N4. The first kappa shape index (κ1) is 13.4. The highest BCUT2D eigenvalue weighted by molar-refractivity contribution is 6.34. The average Bonchev–Trinajstić information content (AvgIpc) is 2.78. The van der Waals surface area contributed by atoms with E-state index in [1.165, 1.54) is 0 Å². The van der Waals surface area contributed by atoms with Crippen molar-refractivity contribution in [2.45, 2.75) is 25.2 Å². The first-order valence-electron chi connectivity index (χ1n) is 6.43. The quantitative estimate of drug-likeness (QED) is 0.942. The summed E-state index contributed by atoms with van der Waals surface area (Å²) < 4.78 is 26.3. The predicted molar refractivity (Wildman–Crippen MR) is 73.1 cm³/mol. The zero-order valence-electron chi connectivity index (χ0n) is 10.6. The fourth-order valence-electron chi connectivity index (χ4n) is 2.55. The van der Waals surface area contributed by atoms with Crippen molar-refractivity contribution in [1.29, 1.82) is 0 Å². The Morgan fingerprint density at radius 2 is 2.20 bits per heavy atom. The Morgan fingerprint density at radius 1 is 1.35 bits per heavy atom. The van der Waals surface area contributed by atoms with Gasteiger partial charge >= 0.3 is 0 Å². The van der Waals surface area contributed by atoms with Gasteiger partial charge in [-0.1, -0.05) is 11.6 Å². The Balaban J connectivity index is 1.77. The Kier molecular flexibility index (Phi) is 3.41. The number of aromatic nitrogens is 3. The number of hydrogen-bond donors (Lipinski definition) is 1. The largest absolute Gasteiger partial charge is 0.368 e. The number of fused-ring (bicyclic) bond motifs is 1. The van der Waals surface area contributed by atoms with Crippen molar-refractivity contribution in [3.63, 3.8) is 0 Å². The van der Waals surface area contributed by atoms with Crippen LogP contribution in [0.5, 0.6) is 0 Å². The molecule has 1 fully saturated rings. The molecule has 1 N–H and O–H groups in total. The molecule has 4 nitrogen and oxygen atoms in total. The van der Waals surface area contributed by atoms with E-state index in [-0.39, 0.29) is 18.8 Å². The van der Waals surface area contributed by atoms with Crippen molar-refractivity contribution in [2.24, 2.45) is 5.92 Å². The molecule has 0 radical (unpaired) electrons. The second kappa shape index (κ2) is 5.09. The number of nitrogens with zero attached hydrogens (tertiary/aromatic N) is 3. The maximum atomic E-state index is 13.1. The van der Waals surface area contributed by atoms with E-state index in [1.807, 2.05) is 0 Å². The molecule has 20 heavy (non-hydrogen) atoms. The van der Waals surface area contributed by atoms with Crippen LogP contribution >= 0.6 is 11.6 Å². The number of anilines is 1. The minimum absolute atomic E-state index is 0.0338. The maximum Gasteiger partial charge on any atom is 0.248 e. The van der Waals surface area contributed by atoms with Crippen LogP contribution in [0.2, 0.25) is 5.15 Å². The summed E-state index contributed by atoms with van der Waals surface area (Å²) in [7, 11) is 0. The van der Waals surface area contributed by atoms with E-state index >= 15 is 0 Å². The maximum absolute atomic E-state index is 13.1. The van der Waals surface area contributed by atoms with Crippen LogP contribution in [-0.4, -0.2) is 27.6 Å². The highest BCUT2D eigenvalue weighted by Crippen LogP contribution is 2.38. The molecule has 1 aliphatic rings. The third kappa shape index (κ3) is 2.65. The van der Waals surface area contributed by atoms with Crippen LogP contribution in [0.25, 0.3) is 10.8 Å². The second-order valence-corrected chi connectivity index (χ2v) is 5.46.